The molecule has 27 heavy (non-hydrogen) atoms. The number of amides is 1. The maximum Gasteiger partial charge on any atom is 0.309 e. The third kappa shape index (κ3) is 5.00. The van der Waals surface area contributed by atoms with E-state index in [9.17, 15) is 18.0 Å². The molecule has 0 saturated carbocycles. The lowest BCUT2D eigenvalue weighted by molar-refractivity contribution is -0.149. The predicted octanol–water partition coefficient (Wildman–Crippen LogP) is 2.28. The van der Waals surface area contributed by atoms with Crippen LogP contribution in [0.1, 0.15) is 44.0 Å². The van der Waals surface area contributed by atoms with Gasteiger partial charge in [0.25, 0.3) is 5.91 Å². The van der Waals surface area contributed by atoms with Gasteiger partial charge in [0.1, 0.15) is 0 Å². The quantitative estimate of drug-likeness (QED) is 0.660. The van der Waals surface area contributed by atoms with E-state index in [-0.39, 0.29) is 23.5 Å². The molecule has 0 radical (unpaired) electrons. The highest BCUT2D eigenvalue weighted by atomic mass is 32.2. The summed E-state index contributed by atoms with van der Waals surface area (Å²) in [5.74, 6) is -0.415. The number of nitrogens with zero attached hydrogens (tertiary/aromatic N) is 2. The van der Waals surface area contributed by atoms with E-state index in [0.29, 0.717) is 50.3 Å². The van der Waals surface area contributed by atoms with Crippen LogP contribution in [0.4, 0.5) is 5.69 Å². The Kier molecular flexibility index (Phi) is 7.24. The van der Waals surface area contributed by atoms with Gasteiger partial charge in [0.2, 0.25) is 10.0 Å². The van der Waals surface area contributed by atoms with Gasteiger partial charge >= 0.3 is 5.97 Å². The Morgan fingerprint density at radius 1 is 1.11 bits per heavy atom. The average molecular weight is 397 g/mol. The van der Waals surface area contributed by atoms with Crippen molar-refractivity contribution in [1.82, 2.24) is 4.90 Å². The van der Waals surface area contributed by atoms with Gasteiger partial charge in [-0.05, 0) is 57.9 Å². The molecule has 0 unspecified atom stereocenters. The minimum Gasteiger partial charge on any atom is -0.466 e. The molecule has 1 aliphatic rings. The van der Waals surface area contributed by atoms with Crippen molar-refractivity contribution in [2.45, 2.75) is 33.6 Å². The number of anilines is 1. The summed E-state index contributed by atoms with van der Waals surface area (Å²) in [5, 5.41) is 0. The van der Waals surface area contributed by atoms with E-state index in [1.54, 1.807) is 49.9 Å². The number of sulfonamides is 1. The molecule has 150 valence electrons. The molecule has 1 heterocycles. The van der Waals surface area contributed by atoms with Gasteiger partial charge in [-0.15, -0.1) is 0 Å². The monoisotopic (exact) mass is 396 g/mol. The highest BCUT2D eigenvalue weighted by Gasteiger charge is 2.28. The van der Waals surface area contributed by atoms with Gasteiger partial charge in [0.05, 0.1) is 24.0 Å². The molecule has 0 aromatic heterocycles. The Bertz CT molecular complexity index is 753. The Labute approximate surface area is 161 Å². The number of hydrogen-bond acceptors (Lipinski definition) is 5. The fourth-order valence-electron chi connectivity index (χ4n) is 3.23. The highest BCUT2D eigenvalue weighted by molar-refractivity contribution is 7.92. The number of likely N-dealkylation sites (tertiary alicyclic amines) is 1. The third-order valence-corrected chi connectivity index (χ3v) is 6.66. The number of piperidine rings is 1. The zero-order chi connectivity index (χ0) is 20.0. The molecule has 0 spiro atoms. The third-order valence-electron chi connectivity index (χ3n) is 4.79. The summed E-state index contributed by atoms with van der Waals surface area (Å²) >= 11 is 0. The van der Waals surface area contributed by atoms with Crippen LogP contribution in [0.5, 0.6) is 0 Å². The van der Waals surface area contributed by atoms with Crippen LogP contribution >= 0.6 is 0 Å². The topological polar surface area (TPSA) is 84.0 Å². The maximum atomic E-state index is 12.7. The van der Waals surface area contributed by atoms with Gasteiger partial charge in [-0.1, -0.05) is 0 Å². The van der Waals surface area contributed by atoms with Crippen molar-refractivity contribution in [2.24, 2.45) is 5.92 Å². The zero-order valence-corrected chi connectivity index (χ0v) is 17.0. The van der Waals surface area contributed by atoms with E-state index in [1.165, 1.54) is 4.31 Å². The summed E-state index contributed by atoms with van der Waals surface area (Å²) in [6.45, 7) is 6.89. The van der Waals surface area contributed by atoms with Gasteiger partial charge in [0, 0.05) is 25.2 Å². The number of esters is 1. The predicted molar refractivity (Wildman–Crippen MR) is 104 cm³/mol. The van der Waals surface area contributed by atoms with Gasteiger partial charge < -0.3 is 9.64 Å². The molecule has 7 nitrogen and oxygen atoms in total. The normalized spacial score (nSPS) is 15.4. The molecule has 1 amide bonds. The molecule has 0 atom stereocenters. The SMILES string of the molecule is CCOC(=O)C1CCN(C(=O)c2ccc(N(CC)S(=O)(=O)CC)cc2)CC1. The molecule has 1 aromatic rings. The van der Waals surface area contributed by atoms with Crippen LogP contribution in [-0.4, -0.2) is 57.2 Å². The number of carbonyl (C=O) groups excluding carboxylic acids is 2. The fraction of sp³-hybridized carbons (Fsp3) is 0.579. The summed E-state index contributed by atoms with van der Waals surface area (Å²) < 4.78 is 30.7. The van der Waals surface area contributed by atoms with Gasteiger partial charge in [-0.2, -0.15) is 0 Å². The number of carbonyl (C=O) groups is 2. The first-order valence-electron chi connectivity index (χ1n) is 9.40. The molecule has 0 aliphatic carbocycles. The highest BCUT2D eigenvalue weighted by Crippen LogP contribution is 2.23. The van der Waals surface area contributed by atoms with Gasteiger partial charge in [-0.3, -0.25) is 13.9 Å². The van der Waals surface area contributed by atoms with Gasteiger partial charge in [-0.25, -0.2) is 8.42 Å². The summed E-state index contributed by atoms with van der Waals surface area (Å²) in [7, 11) is -3.34. The summed E-state index contributed by atoms with van der Waals surface area (Å²) in [4.78, 5) is 26.2. The van der Waals surface area contributed by atoms with Crippen molar-refractivity contribution in [2.75, 3.05) is 36.3 Å². The van der Waals surface area contributed by atoms with Crippen LogP contribution in [0.15, 0.2) is 24.3 Å². The Hall–Kier alpha value is -2.09. The Balaban J connectivity index is 2.03. The van der Waals surface area contributed by atoms with Crippen molar-refractivity contribution in [3.63, 3.8) is 0 Å². The first kappa shape index (κ1) is 21.2. The molecule has 1 aromatic carbocycles. The summed E-state index contributed by atoms with van der Waals surface area (Å²) in [6.07, 6.45) is 1.20. The maximum absolute atomic E-state index is 12.7. The molecule has 1 fully saturated rings. The molecule has 0 N–H and O–H groups in total. The van der Waals surface area contributed by atoms with E-state index in [2.05, 4.69) is 0 Å². The van der Waals surface area contributed by atoms with Gasteiger partial charge in [0.15, 0.2) is 0 Å². The minimum atomic E-state index is -3.34. The largest absolute Gasteiger partial charge is 0.466 e. The second-order valence-corrected chi connectivity index (χ2v) is 8.61. The van der Waals surface area contributed by atoms with E-state index >= 15 is 0 Å². The van der Waals surface area contributed by atoms with Crippen LogP contribution in [0.2, 0.25) is 0 Å². The molecule has 8 heteroatoms. The lowest BCUT2D eigenvalue weighted by atomic mass is 9.96. The molecule has 1 aliphatic heterocycles. The number of ether oxygens (including phenoxy) is 1. The summed E-state index contributed by atoms with van der Waals surface area (Å²) in [5.41, 5.74) is 1.07. The van der Waals surface area contributed by atoms with Crippen molar-refractivity contribution in [3.05, 3.63) is 29.8 Å². The molecule has 2 rings (SSSR count). The number of hydrogen-bond donors (Lipinski definition) is 0. The van der Waals surface area contributed by atoms with Crippen LogP contribution in [0, 0.1) is 5.92 Å². The lowest BCUT2D eigenvalue weighted by Gasteiger charge is -2.31. The summed E-state index contributed by atoms with van der Waals surface area (Å²) in [6, 6.07) is 6.64. The minimum absolute atomic E-state index is 0.0247. The lowest BCUT2D eigenvalue weighted by Crippen LogP contribution is -2.40. The van der Waals surface area contributed by atoms with Crippen LogP contribution in [-0.2, 0) is 19.6 Å². The second kappa shape index (κ2) is 9.21. The second-order valence-electron chi connectivity index (χ2n) is 6.43. The first-order valence-corrected chi connectivity index (χ1v) is 11.0. The van der Waals surface area contributed by atoms with Crippen molar-refractivity contribution in [1.29, 1.82) is 0 Å². The molecule has 0 bridgehead atoms. The smallest absolute Gasteiger partial charge is 0.309 e. The van der Waals surface area contributed by atoms with Crippen molar-refractivity contribution >= 4 is 27.6 Å². The Morgan fingerprint density at radius 3 is 2.19 bits per heavy atom. The van der Waals surface area contributed by atoms with E-state index in [1.807, 2.05) is 0 Å². The number of benzene rings is 1. The Morgan fingerprint density at radius 2 is 1.70 bits per heavy atom. The molecular weight excluding hydrogens is 368 g/mol. The average Bonchev–Trinajstić information content (AvgIpc) is 2.68. The molecule has 1 saturated heterocycles. The van der Waals surface area contributed by atoms with Crippen molar-refractivity contribution < 1.29 is 22.7 Å². The van der Waals surface area contributed by atoms with E-state index in [4.69, 9.17) is 4.74 Å². The van der Waals surface area contributed by atoms with E-state index < -0.39 is 10.0 Å². The van der Waals surface area contributed by atoms with Crippen molar-refractivity contribution in [3.8, 4) is 0 Å². The van der Waals surface area contributed by atoms with E-state index in [0.717, 1.165) is 0 Å². The standard InChI is InChI=1S/C19H28N2O5S/c1-4-21(27(24,25)6-3)17-9-7-15(8-10-17)18(22)20-13-11-16(12-14-20)19(23)26-5-2/h7-10,16H,4-6,11-14H2,1-3H3. The zero-order valence-electron chi connectivity index (χ0n) is 16.2. The molecular formula is C19H28N2O5S. The number of rotatable bonds is 7. The first-order chi connectivity index (χ1) is 12.8. The van der Waals surface area contributed by atoms with Crippen LogP contribution in [0.3, 0.4) is 0 Å². The van der Waals surface area contributed by atoms with Crippen LogP contribution in [0.25, 0.3) is 0 Å². The van der Waals surface area contributed by atoms with Crippen LogP contribution < -0.4 is 4.31 Å². The fourth-order valence-corrected chi connectivity index (χ4v) is 4.37.